The number of benzene rings is 1. The van der Waals surface area contributed by atoms with Gasteiger partial charge < -0.3 is 14.8 Å². The van der Waals surface area contributed by atoms with Gasteiger partial charge in [-0.05, 0) is 98.2 Å². The van der Waals surface area contributed by atoms with Crippen molar-refractivity contribution in [3.8, 4) is 0 Å². The van der Waals surface area contributed by atoms with Gasteiger partial charge in [-0.15, -0.1) is 0 Å². The minimum atomic E-state index is -0.0625. The Morgan fingerprint density at radius 2 is 1.79 bits per heavy atom. The van der Waals surface area contributed by atoms with Crippen molar-refractivity contribution < 1.29 is 0 Å². The Bertz CT molecular complexity index is 1340. The summed E-state index contributed by atoms with van der Waals surface area (Å²) in [6.07, 6.45) is 5.53. The van der Waals surface area contributed by atoms with Gasteiger partial charge in [0.2, 0.25) is 0 Å². The molecular formula is C27H26BrN5S. The standard InChI is InChI=1S/C27H26BrN5S/c1-17-14-21(7-8-23(17)28)33-26(25(31-27(33)34)24-6-4-5-11-30-24)22-15-18(2)32(19(22)3)16-20-9-12-29-13-10-20/h4-15,25-26H,16H2,1-3H3,(H,31,34)/t25-,26-/m1/s1. The van der Waals surface area contributed by atoms with Gasteiger partial charge in [0.1, 0.15) is 0 Å². The fourth-order valence-corrected chi connectivity index (χ4v) is 5.36. The monoisotopic (exact) mass is 531 g/mol. The molecule has 1 saturated heterocycles. The molecule has 0 unspecified atom stereocenters. The Hall–Kier alpha value is -3.03. The van der Waals surface area contributed by atoms with Crippen molar-refractivity contribution >= 4 is 38.9 Å². The van der Waals surface area contributed by atoms with Crippen LogP contribution in [0.15, 0.2) is 77.7 Å². The van der Waals surface area contributed by atoms with Crippen LogP contribution in [0.1, 0.15) is 45.9 Å². The van der Waals surface area contributed by atoms with E-state index >= 15 is 0 Å². The molecule has 1 fully saturated rings. The smallest absolute Gasteiger partial charge is 0.174 e. The number of rotatable bonds is 5. The van der Waals surface area contributed by atoms with Crippen molar-refractivity contribution in [1.82, 2.24) is 19.9 Å². The summed E-state index contributed by atoms with van der Waals surface area (Å²) in [7, 11) is 0. The van der Waals surface area contributed by atoms with Crippen LogP contribution in [0.2, 0.25) is 0 Å². The fraction of sp³-hybridized carbons (Fsp3) is 0.222. The Kier molecular flexibility index (Phi) is 6.23. The highest BCUT2D eigenvalue weighted by Gasteiger charge is 2.42. The molecule has 34 heavy (non-hydrogen) atoms. The molecule has 5 nitrogen and oxygen atoms in total. The number of aryl methyl sites for hydroxylation is 2. The number of pyridine rings is 2. The van der Waals surface area contributed by atoms with Crippen molar-refractivity contribution in [3.05, 3.63) is 111 Å². The fourth-order valence-electron chi connectivity index (χ4n) is 4.77. The first-order valence-electron chi connectivity index (χ1n) is 11.3. The zero-order valence-electron chi connectivity index (χ0n) is 19.4. The van der Waals surface area contributed by atoms with E-state index in [9.17, 15) is 0 Å². The Morgan fingerprint density at radius 3 is 2.50 bits per heavy atom. The number of thiocarbonyl (C=S) groups is 1. The normalized spacial score (nSPS) is 17.8. The zero-order valence-corrected chi connectivity index (χ0v) is 21.8. The average Bonchev–Trinajstić information content (AvgIpc) is 3.33. The number of hydrogen-bond acceptors (Lipinski definition) is 3. The number of nitrogens with one attached hydrogen (secondary N) is 1. The van der Waals surface area contributed by atoms with Gasteiger partial charge in [0.05, 0.1) is 17.8 Å². The first-order chi connectivity index (χ1) is 16.4. The second kappa shape index (κ2) is 9.31. The van der Waals surface area contributed by atoms with E-state index < -0.39 is 0 Å². The van der Waals surface area contributed by atoms with E-state index in [0.717, 1.165) is 22.4 Å². The Balaban J connectivity index is 1.63. The van der Waals surface area contributed by atoms with E-state index in [2.05, 4.69) is 104 Å². The summed E-state index contributed by atoms with van der Waals surface area (Å²) in [5, 5.41) is 4.28. The van der Waals surface area contributed by atoms with Gasteiger partial charge in [0.25, 0.3) is 0 Å². The predicted molar refractivity (Wildman–Crippen MR) is 144 cm³/mol. The SMILES string of the molecule is Cc1cc(N2C(=S)N[C@H](c3ccccn3)[C@H]2c2cc(C)n(Cc3ccncc3)c2C)ccc1Br. The number of nitrogens with zero attached hydrogens (tertiary/aromatic N) is 4. The van der Waals surface area contributed by atoms with E-state index in [1.54, 1.807) is 0 Å². The maximum atomic E-state index is 5.90. The van der Waals surface area contributed by atoms with Gasteiger partial charge in [0, 0.05) is 46.7 Å². The first kappa shape index (κ1) is 22.7. The van der Waals surface area contributed by atoms with E-state index in [4.69, 9.17) is 12.2 Å². The number of anilines is 1. The number of aromatic nitrogens is 3. The van der Waals surface area contributed by atoms with E-state index in [1.807, 2.05) is 30.7 Å². The van der Waals surface area contributed by atoms with E-state index in [-0.39, 0.29) is 12.1 Å². The van der Waals surface area contributed by atoms with Crippen molar-refractivity contribution in [2.24, 2.45) is 0 Å². The molecule has 1 N–H and O–H groups in total. The topological polar surface area (TPSA) is 46.0 Å². The summed E-state index contributed by atoms with van der Waals surface area (Å²) in [5.74, 6) is 0. The second-order valence-corrected chi connectivity index (χ2v) is 9.94. The van der Waals surface area contributed by atoms with Crippen LogP contribution in [-0.2, 0) is 6.54 Å². The summed E-state index contributed by atoms with van der Waals surface area (Å²) in [4.78, 5) is 11.1. The molecule has 7 heteroatoms. The molecule has 0 bridgehead atoms. The minimum absolute atomic E-state index is 0.0274. The third-order valence-electron chi connectivity index (χ3n) is 6.54. The summed E-state index contributed by atoms with van der Waals surface area (Å²) >= 11 is 9.54. The molecule has 2 atom stereocenters. The van der Waals surface area contributed by atoms with Crippen LogP contribution in [0.3, 0.4) is 0 Å². The van der Waals surface area contributed by atoms with Crippen molar-refractivity contribution in [2.75, 3.05) is 4.90 Å². The summed E-state index contributed by atoms with van der Waals surface area (Å²) in [6.45, 7) is 7.27. The molecule has 0 amide bonds. The van der Waals surface area contributed by atoms with Crippen molar-refractivity contribution in [3.63, 3.8) is 0 Å². The molecule has 0 saturated carbocycles. The summed E-state index contributed by atoms with van der Waals surface area (Å²) in [5.41, 5.74) is 8.13. The van der Waals surface area contributed by atoms with Gasteiger partial charge in [0.15, 0.2) is 5.11 Å². The lowest BCUT2D eigenvalue weighted by Crippen LogP contribution is -2.29. The highest BCUT2D eigenvalue weighted by atomic mass is 79.9. The maximum absolute atomic E-state index is 5.90. The van der Waals surface area contributed by atoms with Crippen LogP contribution >= 0.6 is 28.1 Å². The zero-order chi connectivity index (χ0) is 23.8. The van der Waals surface area contributed by atoms with E-state index in [1.165, 1.54) is 28.1 Å². The lowest BCUT2D eigenvalue weighted by molar-refractivity contribution is 0.563. The molecule has 4 aromatic rings. The molecule has 1 aliphatic heterocycles. The highest BCUT2D eigenvalue weighted by molar-refractivity contribution is 9.10. The molecule has 172 valence electrons. The van der Waals surface area contributed by atoms with Crippen LogP contribution in [0, 0.1) is 20.8 Å². The van der Waals surface area contributed by atoms with Crippen LogP contribution in [0.5, 0.6) is 0 Å². The minimum Gasteiger partial charge on any atom is -0.351 e. The lowest BCUT2D eigenvalue weighted by Gasteiger charge is -2.28. The molecule has 0 spiro atoms. The van der Waals surface area contributed by atoms with E-state index in [0.29, 0.717) is 5.11 Å². The van der Waals surface area contributed by atoms with Gasteiger partial charge in [-0.3, -0.25) is 9.97 Å². The van der Waals surface area contributed by atoms with Gasteiger partial charge in [-0.1, -0.05) is 22.0 Å². The summed E-state index contributed by atoms with van der Waals surface area (Å²) in [6, 6.07) is 18.8. The molecule has 3 aromatic heterocycles. The van der Waals surface area contributed by atoms with Crippen LogP contribution < -0.4 is 10.2 Å². The predicted octanol–water partition coefficient (Wildman–Crippen LogP) is 6.19. The maximum Gasteiger partial charge on any atom is 0.174 e. The third-order valence-corrected chi connectivity index (χ3v) is 7.74. The molecular weight excluding hydrogens is 506 g/mol. The van der Waals surface area contributed by atoms with Gasteiger partial charge >= 0.3 is 0 Å². The molecule has 0 aliphatic carbocycles. The van der Waals surface area contributed by atoms with Crippen LogP contribution in [0.4, 0.5) is 5.69 Å². The third kappa shape index (κ3) is 4.14. The van der Waals surface area contributed by atoms with Crippen molar-refractivity contribution in [2.45, 2.75) is 39.4 Å². The average molecular weight is 533 g/mol. The first-order valence-corrected chi connectivity index (χ1v) is 12.5. The lowest BCUT2D eigenvalue weighted by atomic mass is 9.96. The molecule has 5 rings (SSSR count). The Labute approximate surface area is 214 Å². The quantitative estimate of drug-likeness (QED) is 0.311. The second-order valence-electron chi connectivity index (χ2n) is 8.70. The summed E-state index contributed by atoms with van der Waals surface area (Å²) < 4.78 is 3.45. The van der Waals surface area contributed by atoms with Crippen molar-refractivity contribution in [1.29, 1.82) is 0 Å². The largest absolute Gasteiger partial charge is 0.351 e. The molecule has 0 radical (unpaired) electrons. The molecule has 1 aromatic carbocycles. The van der Waals surface area contributed by atoms with Crippen LogP contribution in [0.25, 0.3) is 0 Å². The molecule has 4 heterocycles. The number of halogens is 1. The Morgan fingerprint density at radius 1 is 1.00 bits per heavy atom. The van der Waals surface area contributed by atoms with Gasteiger partial charge in [-0.2, -0.15) is 0 Å². The van der Waals surface area contributed by atoms with Gasteiger partial charge in [-0.25, -0.2) is 0 Å². The highest BCUT2D eigenvalue weighted by Crippen LogP contribution is 2.43. The van der Waals surface area contributed by atoms with Crippen LogP contribution in [-0.4, -0.2) is 19.6 Å². The molecule has 1 aliphatic rings. The number of hydrogen-bond donors (Lipinski definition) is 1.